The molecule has 2 nitrogen and oxygen atoms in total. The lowest BCUT2D eigenvalue weighted by Crippen LogP contribution is -2.50. The largest absolute Gasteiger partial charge is 0.301 e. The first-order valence-electron chi connectivity index (χ1n) is 7.17. The predicted octanol–water partition coefficient (Wildman–Crippen LogP) is 4.03. The molecule has 2 aromatic rings. The maximum absolute atomic E-state index is 12.5. The zero-order chi connectivity index (χ0) is 14.9. The molecular formula is C18H18ClNO. The van der Waals surface area contributed by atoms with E-state index in [1.54, 1.807) is 0 Å². The van der Waals surface area contributed by atoms with Crippen LogP contribution >= 0.6 is 11.6 Å². The Balaban J connectivity index is 1.95. The summed E-state index contributed by atoms with van der Waals surface area (Å²) in [7, 11) is 0. The molecule has 1 aliphatic heterocycles. The fourth-order valence-electron chi connectivity index (χ4n) is 2.92. The van der Waals surface area contributed by atoms with Crippen LogP contribution in [-0.4, -0.2) is 10.7 Å². The van der Waals surface area contributed by atoms with Gasteiger partial charge < -0.3 is 5.32 Å². The molecule has 1 N–H and O–H groups in total. The van der Waals surface area contributed by atoms with E-state index < -0.39 is 4.87 Å². The van der Waals surface area contributed by atoms with Crippen molar-refractivity contribution in [2.24, 2.45) is 0 Å². The van der Waals surface area contributed by atoms with Crippen LogP contribution in [-0.2, 0) is 4.79 Å². The fourth-order valence-corrected chi connectivity index (χ4v) is 3.18. The van der Waals surface area contributed by atoms with Gasteiger partial charge in [-0.05, 0) is 18.1 Å². The highest BCUT2D eigenvalue weighted by Gasteiger charge is 2.45. The van der Waals surface area contributed by atoms with Gasteiger partial charge in [0.2, 0.25) is 0 Å². The molecule has 0 bridgehead atoms. The summed E-state index contributed by atoms with van der Waals surface area (Å²) in [6, 6.07) is 19.8. The van der Waals surface area contributed by atoms with Crippen molar-refractivity contribution in [3.63, 3.8) is 0 Å². The number of Topliss-reactive ketones (excluding diaryl/α,β-unsaturated/α-hetero) is 1. The number of carbonyl (C=O) groups excluding carboxylic acids is 1. The van der Waals surface area contributed by atoms with Gasteiger partial charge in [-0.1, -0.05) is 60.7 Å². The molecule has 0 unspecified atom stereocenters. The highest BCUT2D eigenvalue weighted by molar-refractivity contribution is 6.35. The molecular weight excluding hydrogens is 282 g/mol. The van der Waals surface area contributed by atoms with Gasteiger partial charge in [0.05, 0.1) is 6.04 Å². The predicted molar refractivity (Wildman–Crippen MR) is 85.4 cm³/mol. The molecule has 0 radical (unpaired) electrons. The second-order valence-electron chi connectivity index (χ2n) is 5.68. The van der Waals surface area contributed by atoms with Crippen LogP contribution in [0.25, 0.3) is 0 Å². The molecule has 3 rings (SSSR count). The Kier molecular flexibility index (Phi) is 3.83. The lowest BCUT2D eigenvalue weighted by Gasteiger charge is -2.40. The molecule has 0 aromatic heterocycles. The van der Waals surface area contributed by atoms with Crippen molar-refractivity contribution in [3.05, 3.63) is 71.8 Å². The minimum absolute atomic E-state index is 0.00994. The molecule has 1 aliphatic rings. The normalized spacial score (nSPS) is 29.3. The van der Waals surface area contributed by atoms with Gasteiger partial charge in [0.25, 0.3) is 0 Å². The van der Waals surface area contributed by atoms with Crippen molar-refractivity contribution < 1.29 is 4.79 Å². The van der Waals surface area contributed by atoms with Crippen LogP contribution in [0.5, 0.6) is 0 Å². The molecule has 1 fully saturated rings. The number of carbonyl (C=O) groups is 1. The zero-order valence-corrected chi connectivity index (χ0v) is 12.7. The number of piperidine rings is 1. The third-order valence-electron chi connectivity index (χ3n) is 4.18. The number of hydrogen-bond donors (Lipinski definition) is 1. The Morgan fingerprint density at radius 1 is 1.00 bits per heavy atom. The van der Waals surface area contributed by atoms with Gasteiger partial charge in [0, 0.05) is 12.5 Å². The Morgan fingerprint density at radius 3 is 2.10 bits per heavy atom. The third kappa shape index (κ3) is 2.74. The van der Waals surface area contributed by atoms with Crippen molar-refractivity contribution in [3.8, 4) is 0 Å². The van der Waals surface area contributed by atoms with Gasteiger partial charge >= 0.3 is 0 Å². The Morgan fingerprint density at radius 2 is 1.52 bits per heavy atom. The van der Waals surface area contributed by atoms with Crippen molar-refractivity contribution in [1.29, 1.82) is 0 Å². The van der Waals surface area contributed by atoms with Gasteiger partial charge in [0.15, 0.2) is 5.78 Å². The molecule has 0 spiro atoms. The highest BCUT2D eigenvalue weighted by Crippen LogP contribution is 2.41. The number of ketones is 1. The molecule has 0 saturated carbocycles. The Bertz CT molecular complexity index is 624. The molecule has 108 valence electrons. The van der Waals surface area contributed by atoms with Crippen LogP contribution in [0.15, 0.2) is 60.7 Å². The summed E-state index contributed by atoms with van der Waals surface area (Å²) in [5.74, 6) is 0.0885. The average Bonchev–Trinajstić information content (AvgIpc) is 2.51. The minimum Gasteiger partial charge on any atom is -0.301 e. The van der Waals surface area contributed by atoms with E-state index in [-0.39, 0.29) is 17.9 Å². The number of benzene rings is 2. The molecule has 1 heterocycles. The van der Waals surface area contributed by atoms with Crippen molar-refractivity contribution in [2.75, 3.05) is 0 Å². The summed E-state index contributed by atoms with van der Waals surface area (Å²) in [5, 5.41) is 3.55. The number of rotatable bonds is 2. The summed E-state index contributed by atoms with van der Waals surface area (Å²) in [4.78, 5) is 11.6. The standard InChI is InChI=1S/C18H18ClNO/c1-18(19)16(21)12-15(13-8-4-2-5-9-13)20-17(18)14-10-6-3-7-11-14/h2-11,15,17,20H,12H2,1H3/t15-,17-,18-/m1/s1. The van der Waals surface area contributed by atoms with Crippen molar-refractivity contribution in [1.82, 2.24) is 5.32 Å². The zero-order valence-electron chi connectivity index (χ0n) is 11.9. The van der Waals surface area contributed by atoms with Crippen LogP contribution in [0.1, 0.15) is 36.6 Å². The molecule has 21 heavy (non-hydrogen) atoms. The first-order chi connectivity index (χ1) is 10.1. The van der Waals surface area contributed by atoms with Gasteiger partial charge in [-0.15, -0.1) is 11.6 Å². The van der Waals surface area contributed by atoms with Gasteiger partial charge in [-0.3, -0.25) is 4.79 Å². The van der Waals surface area contributed by atoms with Crippen LogP contribution in [0, 0.1) is 0 Å². The third-order valence-corrected chi connectivity index (χ3v) is 4.61. The van der Waals surface area contributed by atoms with E-state index in [4.69, 9.17) is 11.6 Å². The van der Waals surface area contributed by atoms with Crippen molar-refractivity contribution >= 4 is 17.4 Å². The molecule has 2 aromatic carbocycles. The van der Waals surface area contributed by atoms with Crippen LogP contribution in [0.3, 0.4) is 0 Å². The van der Waals surface area contributed by atoms with E-state index in [0.29, 0.717) is 6.42 Å². The lowest BCUT2D eigenvalue weighted by atomic mass is 9.81. The first kappa shape index (κ1) is 14.3. The maximum atomic E-state index is 12.5. The van der Waals surface area contributed by atoms with Gasteiger partial charge in [-0.2, -0.15) is 0 Å². The Labute approximate surface area is 130 Å². The van der Waals surface area contributed by atoms with E-state index in [0.717, 1.165) is 11.1 Å². The maximum Gasteiger partial charge on any atom is 0.157 e. The summed E-state index contributed by atoms with van der Waals surface area (Å²) in [6.45, 7) is 1.81. The van der Waals surface area contributed by atoms with Gasteiger partial charge in [-0.25, -0.2) is 0 Å². The topological polar surface area (TPSA) is 29.1 Å². The molecule has 0 amide bonds. The summed E-state index contributed by atoms with van der Waals surface area (Å²) in [6.07, 6.45) is 0.424. The quantitative estimate of drug-likeness (QED) is 0.848. The van der Waals surface area contributed by atoms with E-state index in [2.05, 4.69) is 5.32 Å². The summed E-state index contributed by atoms with van der Waals surface area (Å²) in [5.41, 5.74) is 2.17. The van der Waals surface area contributed by atoms with Crippen molar-refractivity contribution in [2.45, 2.75) is 30.3 Å². The molecule has 0 aliphatic carbocycles. The SMILES string of the molecule is C[C@@]1(Cl)C(=O)C[C@H](c2ccccc2)N[C@@H]1c1ccccc1. The van der Waals surface area contributed by atoms with E-state index >= 15 is 0 Å². The van der Waals surface area contributed by atoms with E-state index in [9.17, 15) is 4.79 Å². The summed E-state index contributed by atoms with van der Waals surface area (Å²) >= 11 is 6.56. The number of nitrogens with one attached hydrogen (secondary N) is 1. The Hall–Kier alpha value is -1.64. The minimum atomic E-state index is -0.910. The van der Waals surface area contributed by atoms with Gasteiger partial charge in [0.1, 0.15) is 4.87 Å². The molecule has 1 saturated heterocycles. The smallest absolute Gasteiger partial charge is 0.157 e. The number of hydrogen-bond acceptors (Lipinski definition) is 2. The first-order valence-corrected chi connectivity index (χ1v) is 7.55. The summed E-state index contributed by atoms with van der Waals surface area (Å²) < 4.78 is 0. The second-order valence-corrected chi connectivity index (χ2v) is 6.46. The van der Waals surface area contributed by atoms with Crippen LogP contribution in [0.2, 0.25) is 0 Å². The number of alkyl halides is 1. The van der Waals surface area contributed by atoms with E-state index in [1.165, 1.54) is 0 Å². The number of halogens is 1. The molecule has 3 heteroatoms. The van der Waals surface area contributed by atoms with Crippen LogP contribution < -0.4 is 5.32 Å². The highest BCUT2D eigenvalue weighted by atomic mass is 35.5. The average molecular weight is 300 g/mol. The van der Waals surface area contributed by atoms with E-state index in [1.807, 2.05) is 67.6 Å². The second kappa shape index (κ2) is 5.63. The van der Waals surface area contributed by atoms with Crippen LogP contribution in [0.4, 0.5) is 0 Å². The monoisotopic (exact) mass is 299 g/mol. The molecule has 3 atom stereocenters. The lowest BCUT2D eigenvalue weighted by molar-refractivity contribution is -0.124. The fraction of sp³-hybridized carbons (Fsp3) is 0.278.